The Bertz CT molecular complexity index is 1000. The van der Waals surface area contributed by atoms with Gasteiger partial charge in [0.15, 0.2) is 18.8 Å². The number of anilines is 1. The van der Waals surface area contributed by atoms with E-state index in [2.05, 4.69) is 16.7 Å². The number of carbonyl (C=O) groups excluding carboxylic acids is 3. The van der Waals surface area contributed by atoms with Gasteiger partial charge in [-0.05, 0) is 42.5 Å². The molecule has 0 spiro atoms. The van der Waals surface area contributed by atoms with Gasteiger partial charge in [0.2, 0.25) is 11.7 Å². The molecule has 2 N–H and O–H groups in total. The molecule has 0 saturated heterocycles. The van der Waals surface area contributed by atoms with E-state index in [1.807, 2.05) is 36.4 Å². The van der Waals surface area contributed by atoms with Crippen LogP contribution < -0.4 is 10.6 Å². The number of hydrogen-bond donors (Lipinski definition) is 2. The van der Waals surface area contributed by atoms with Crippen LogP contribution >= 0.6 is 0 Å². The molecule has 30 heavy (non-hydrogen) atoms. The maximum Gasteiger partial charge on any atom is 0.347 e. The fraction of sp³-hybridized carbons (Fsp3) is 0.261. The normalized spacial score (nSPS) is 17.7. The first kappa shape index (κ1) is 19.7. The van der Waals surface area contributed by atoms with Gasteiger partial charge in [0, 0.05) is 5.69 Å². The van der Waals surface area contributed by atoms with Gasteiger partial charge in [-0.1, -0.05) is 42.5 Å². The van der Waals surface area contributed by atoms with E-state index in [1.165, 1.54) is 5.56 Å². The van der Waals surface area contributed by atoms with E-state index in [0.29, 0.717) is 5.69 Å². The number of rotatable bonds is 6. The van der Waals surface area contributed by atoms with Crippen molar-refractivity contribution in [3.8, 4) is 0 Å². The second-order valence-corrected chi connectivity index (χ2v) is 7.19. The lowest BCUT2D eigenvalue weighted by molar-refractivity contribution is -0.146. The molecule has 7 heteroatoms. The lowest BCUT2D eigenvalue weighted by atomic mass is 9.88. The first-order valence-corrected chi connectivity index (χ1v) is 9.88. The number of Topliss-reactive ketones (excluding diaryl/α,β-unsaturated/α-hetero) is 1. The van der Waals surface area contributed by atoms with E-state index in [0.717, 1.165) is 24.8 Å². The molecule has 2 aromatic rings. The maximum atomic E-state index is 12.5. The van der Waals surface area contributed by atoms with Crippen LogP contribution in [0.25, 0.3) is 0 Å². The first-order chi connectivity index (χ1) is 14.6. The predicted molar refractivity (Wildman–Crippen MR) is 109 cm³/mol. The van der Waals surface area contributed by atoms with Crippen LogP contribution in [0.4, 0.5) is 5.69 Å². The number of nitrogens with one attached hydrogen (secondary N) is 2. The lowest BCUT2D eigenvalue weighted by Crippen LogP contribution is -2.34. The molecule has 0 aromatic heterocycles. The molecule has 154 valence electrons. The van der Waals surface area contributed by atoms with E-state index >= 15 is 0 Å². The molecule has 2 aromatic carbocycles. The van der Waals surface area contributed by atoms with Crippen molar-refractivity contribution in [1.29, 1.82) is 0 Å². The van der Waals surface area contributed by atoms with E-state index in [-0.39, 0.29) is 24.1 Å². The van der Waals surface area contributed by atoms with Crippen molar-refractivity contribution in [3.05, 3.63) is 77.2 Å². The fourth-order valence-corrected chi connectivity index (χ4v) is 3.71. The van der Waals surface area contributed by atoms with E-state index < -0.39 is 24.3 Å². The molecule has 1 amide bonds. The van der Waals surface area contributed by atoms with Crippen molar-refractivity contribution in [1.82, 2.24) is 5.32 Å². The molecule has 1 atom stereocenters. The summed E-state index contributed by atoms with van der Waals surface area (Å²) < 4.78 is 10.4. The number of carbonyl (C=O) groups is 3. The number of aryl methyl sites for hydroxylation is 1. The Labute approximate surface area is 174 Å². The van der Waals surface area contributed by atoms with Crippen molar-refractivity contribution in [2.45, 2.75) is 25.3 Å². The third-order valence-corrected chi connectivity index (χ3v) is 5.13. The average molecular weight is 406 g/mol. The van der Waals surface area contributed by atoms with Gasteiger partial charge < -0.3 is 20.1 Å². The summed E-state index contributed by atoms with van der Waals surface area (Å²) >= 11 is 0. The summed E-state index contributed by atoms with van der Waals surface area (Å²) in [6.45, 7) is -0.711. The lowest BCUT2D eigenvalue weighted by Gasteiger charge is -2.26. The molecular formula is C23H22N2O5. The van der Waals surface area contributed by atoms with Gasteiger partial charge in [-0.15, -0.1) is 0 Å². The quantitative estimate of drug-likeness (QED) is 0.566. The zero-order valence-corrected chi connectivity index (χ0v) is 16.4. The SMILES string of the molecule is O=C(COC(=O)C1=C(Nc2ccccc2)OCC1=O)N[C@H]1CCCc2ccccc21. The van der Waals surface area contributed by atoms with Crippen molar-refractivity contribution >= 4 is 23.3 Å². The smallest absolute Gasteiger partial charge is 0.347 e. The molecule has 1 aliphatic heterocycles. The second-order valence-electron chi connectivity index (χ2n) is 7.19. The highest BCUT2D eigenvalue weighted by atomic mass is 16.5. The van der Waals surface area contributed by atoms with Crippen molar-refractivity contribution in [2.24, 2.45) is 0 Å². The maximum absolute atomic E-state index is 12.5. The van der Waals surface area contributed by atoms with Gasteiger partial charge in [0.05, 0.1) is 6.04 Å². The third kappa shape index (κ3) is 4.35. The molecule has 0 unspecified atom stereocenters. The van der Waals surface area contributed by atoms with Crippen LogP contribution in [0.5, 0.6) is 0 Å². The van der Waals surface area contributed by atoms with E-state index in [1.54, 1.807) is 12.1 Å². The third-order valence-electron chi connectivity index (χ3n) is 5.13. The van der Waals surface area contributed by atoms with Crippen LogP contribution in [-0.4, -0.2) is 30.9 Å². The summed E-state index contributed by atoms with van der Waals surface area (Å²) in [6, 6.07) is 16.9. The molecule has 7 nitrogen and oxygen atoms in total. The number of para-hydroxylation sites is 1. The fourth-order valence-electron chi connectivity index (χ4n) is 3.71. The standard InChI is InChI=1S/C23H22N2O5/c26-19-13-29-22(24-16-9-2-1-3-10-16)21(19)23(28)30-14-20(27)25-18-12-6-8-15-7-4-5-11-17(15)18/h1-5,7,9-11,18,24H,6,8,12-14H2,(H,25,27)/t18-/m0/s1. The number of hydrogen-bond acceptors (Lipinski definition) is 6. The Morgan fingerprint density at radius 3 is 2.67 bits per heavy atom. The molecule has 1 aliphatic carbocycles. The van der Waals surface area contributed by atoms with Crippen LogP contribution in [0.1, 0.15) is 30.0 Å². The van der Waals surface area contributed by atoms with Crippen LogP contribution in [-0.2, 0) is 30.3 Å². The largest absolute Gasteiger partial charge is 0.470 e. The van der Waals surface area contributed by atoms with Gasteiger partial charge in [-0.25, -0.2) is 4.79 Å². The van der Waals surface area contributed by atoms with Crippen molar-refractivity contribution < 1.29 is 23.9 Å². The number of amides is 1. The molecule has 0 fully saturated rings. The Balaban J connectivity index is 1.37. The minimum absolute atomic E-state index is 0.0396. The van der Waals surface area contributed by atoms with Crippen molar-refractivity contribution in [3.63, 3.8) is 0 Å². The van der Waals surface area contributed by atoms with Gasteiger partial charge >= 0.3 is 5.97 Å². The topological polar surface area (TPSA) is 93.7 Å². The Kier molecular flexibility index (Phi) is 5.79. The van der Waals surface area contributed by atoms with E-state index in [4.69, 9.17) is 9.47 Å². The van der Waals surface area contributed by atoms with Crippen LogP contribution in [0, 0.1) is 0 Å². The second kappa shape index (κ2) is 8.82. The highest BCUT2D eigenvalue weighted by Gasteiger charge is 2.33. The number of ketones is 1. The van der Waals surface area contributed by atoms with E-state index in [9.17, 15) is 14.4 Å². The molecule has 0 saturated carbocycles. The average Bonchev–Trinajstić information content (AvgIpc) is 3.13. The number of esters is 1. The minimum atomic E-state index is -0.880. The van der Waals surface area contributed by atoms with Gasteiger partial charge in [0.1, 0.15) is 0 Å². The van der Waals surface area contributed by atoms with Crippen LogP contribution in [0.2, 0.25) is 0 Å². The van der Waals surface area contributed by atoms with Crippen LogP contribution in [0.3, 0.4) is 0 Å². The molecule has 0 radical (unpaired) electrons. The summed E-state index contributed by atoms with van der Waals surface area (Å²) in [5.74, 6) is -1.73. The van der Waals surface area contributed by atoms with Gasteiger partial charge in [-0.2, -0.15) is 0 Å². The number of benzene rings is 2. The summed E-state index contributed by atoms with van der Waals surface area (Å²) in [4.78, 5) is 36.9. The highest BCUT2D eigenvalue weighted by Crippen LogP contribution is 2.29. The number of ether oxygens (including phenoxy) is 2. The molecule has 4 rings (SSSR count). The molecule has 0 bridgehead atoms. The number of fused-ring (bicyclic) bond motifs is 1. The summed E-state index contributed by atoms with van der Waals surface area (Å²) in [6.07, 6.45) is 2.80. The zero-order chi connectivity index (χ0) is 20.9. The predicted octanol–water partition coefficient (Wildman–Crippen LogP) is 2.65. The van der Waals surface area contributed by atoms with Crippen LogP contribution in [0.15, 0.2) is 66.1 Å². The first-order valence-electron chi connectivity index (χ1n) is 9.88. The molecule has 1 heterocycles. The monoisotopic (exact) mass is 406 g/mol. The van der Waals surface area contributed by atoms with Gasteiger partial charge in [-0.3, -0.25) is 9.59 Å². The Morgan fingerprint density at radius 1 is 1.07 bits per heavy atom. The van der Waals surface area contributed by atoms with Gasteiger partial charge in [0.25, 0.3) is 5.91 Å². The summed E-state index contributed by atoms with van der Waals surface area (Å²) in [5, 5.41) is 5.82. The Hall–Kier alpha value is -3.61. The summed E-state index contributed by atoms with van der Waals surface area (Å²) in [7, 11) is 0. The summed E-state index contributed by atoms with van der Waals surface area (Å²) in [5.41, 5.74) is 2.78. The molecular weight excluding hydrogens is 384 g/mol. The highest BCUT2D eigenvalue weighted by molar-refractivity contribution is 6.20. The molecule has 2 aliphatic rings. The minimum Gasteiger partial charge on any atom is -0.470 e. The van der Waals surface area contributed by atoms with Crippen molar-refractivity contribution in [2.75, 3.05) is 18.5 Å². The zero-order valence-electron chi connectivity index (χ0n) is 16.4. The Morgan fingerprint density at radius 2 is 1.83 bits per heavy atom.